The van der Waals surface area contributed by atoms with Crippen LogP contribution in [0.15, 0.2) is 23.4 Å². The first kappa shape index (κ1) is 20.2. The first-order valence-electron chi connectivity index (χ1n) is 7.40. The normalized spacial score (nSPS) is 16.2. The van der Waals surface area contributed by atoms with Crippen molar-refractivity contribution >= 4 is 5.91 Å². The molecular formula is C16H31NO2. The van der Waals surface area contributed by atoms with E-state index in [9.17, 15) is 4.79 Å². The summed E-state index contributed by atoms with van der Waals surface area (Å²) in [5, 5.41) is 8.83. The average Bonchev–Trinajstić information content (AvgIpc) is 2.49. The highest BCUT2D eigenvalue weighted by atomic mass is 16.3. The van der Waals surface area contributed by atoms with Gasteiger partial charge in [-0.1, -0.05) is 33.8 Å². The summed E-state index contributed by atoms with van der Waals surface area (Å²) in [5.41, 5.74) is 1.87. The summed E-state index contributed by atoms with van der Waals surface area (Å²) < 4.78 is 0. The summed E-state index contributed by atoms with van der Waals surface area (Å²) in [6, 6.07) is 0. The molecule has 3 heteroatoms. The second-order valence-electron chi connectivity index (χ2n) is 3.98. The van der Waals surface area contributed by atoms with Crippen LogP contribution in [0.5, 0.6) is 0 Å². The highest BCUT2D eigenvalue weighted by molar-refractivity contribution is 5.78. The van der Waals surface area contributed by atoms with Gasteiger partial charge in [0.2, 0.25) is 5.91 Å². The van der Waals surface area contributed by atoms with Crippen LogP contribution in [0.2, 0.25) is 0 Å². The van der Waals surface area contributed by atoms with Gasteiger partial charge in [-0.05, 0) is 38.3 Å². The fourth-order valence-corrected chi connectivity index (χ4v) is 1.58. The van der Waals surface area contributed by atoms with E-state index in [0.717, 1.165) is 30.7 Å². The minimum Gasteiger partial charge on any atom is -0.392 e. The first-order valence-corrected chi connectivity index (χ1v) is 7.40. The summed E-state index contributed by atoms with van der Waals surface area (Å²) in [5.74, 6) is 0.213. The summed E-state index contributed by atoms with van der Waals surface area (Å²) in [7, 11) is 0. The number of rotatable bonds is 3. The van der Waals surface area contributed by atoms with Gasteiger partial charge in [-0.3, -0.25) is 4.79 Å². The van der Waals surface area contributed by atoms with Crippen molar-refractivity contribution in [2.24, 2.45) is 0 Å². The SMILES string of the molecule is C/C(=C\C=C(/C)N1CCCCC1=O)CO.CC.CC. The molecule has 0 atom stereocenters. The van der Waals surface area contributed by atoms with Crippen LogP contribution in [-0.2, 0) is 4.79 Å². The fourth-order valence-electron chi connectivity index (χ4n) is 1.58. The number of carbonyl (C=O) groups excluding carboxylic acids is 1. The molecule has 1 fully saturated rings. The smallest absolute Gasteiger partial charge is 0.226 e. The molecule has 112 valence electrons. The molecule has 0 radical (unpaired) electrons. The molecular weight excluding hydrogens is 238 g/mol. The van der Waals surface area contributed by atoms with Crippen LogP contribution in [0.25, 0.3) is 0 Å². The molecule has 0 bridgehead atoms. The third-order valence-corrected chi connectivity index (χ3v) is 2.61. The molecule has 1 rings (SSSR count). The molecule has 0 aromatic carbocycles. The van der Waals surface area contributed by atoms with E-state index in [0.29, 0.717) is 6.42 Å². The monoisotopic (exact) mass is 269 g/mol. The van der Waals surface area contributed by atoms with Gasteiger partial charge in [0, 0.05) is 18.7 Å². The van der Waals surface area contributed by atoms with E-state index in [1.54, 1.807) is 0 Å². The molecule has 3 nitrogen and oxygen atoms in total. The Balaban J connectivity index is 0. The molecule has 0 aromatic heterocycles. The van der Waals surface area contributed by atoms with Crippen LogP contribution < -0.4 is 0 Å². The quantitative estimate of drug-likeness (QED) is 0.790. The third kappa shape index (κ3) is 8.60. The molecule has 1 aliphatic rings. The van der Waals surface area contributed by atoms with Gasteiger partial charge in [0.1, 0.15) is 0 Å². The van der Waals surface area contributed by atoms with Crippen molar-refractivity contribution in [3.8, 4) is 0 Å². The Morgan fingerprint density at radius 1 is 1.16 bits per heavy atom. The molecule has 1 aliphatic heterocycles. The molecule has 1 N–H and O–H groups in total. The molecule has 0 spiro atoms. The van der Waals surface area contributed by atoms with E-state index in [4.69, 9.17) is 5.11 Å². The largest absolute Gasteiger partial charge is 0.392 e. The lowest BCUT2D eigenvalue weighted by molar-refractivity contribution is -0.131. The van der Waals surface area contributed by atoms with Crippen LogP contribution in [0.1, 0.15) is 60.8 Å². The van der Waals surface area contributed by atoms with Gasteiger partial charge in [-0.25, -0.2) is 0 Å². The van der Waals surface area contributed by atoms with Crippen molar-refractivity contribution in [2.45, 2.75) is 60.8 Å². The van der Waals surface area contributed by atoms with Gasteiger partial charge >= 0.3 is 0 Å². The van der Waals surface area contributed by atoms with Crippen LogP contribution in [-0.4, -0.2) is 29.1 Å². The van der Waals surface area contributed by atoms with Crippen molar-refractivity contribution < 1.29 is 9.90 Å². The van der Waals surface area contributed by atoms with Gasteiger partial charge in [0.05, 0.1) is 6.61 Å². The van der Waals surface area contributed by atoms with Gasteiger partial charge < -0.3 is 10.0 Å². The van der Waals surface area contributed by atoms with Crippen molar-refractivity contribution in [3.05, 3.63) is 23.4 Å². The molecule has 0 saturated carbocycles. The van der Waals surface area contributed by atoms with Crippen LogP contribution >= 0.6 is 0 Å². The van der Waals surface area contributed by atoms with E-state index in [1.807, 2.05) is 58.6 Å². The molecule has 1 heterocycles. The Morgan fingerprint density at radius 2 is 1.74 bits per heavy atom. The topological polar surface area (TPSA) is 40.5 Å². The van der Waals surface area contributed by atoms with E-state index in [2.05, 4.69) is 0 Å². The van der Waals surface area contributed by atoms with E-state index < -0.39 is 0 Å². The molecule has 0 unspecified atom stereocenters. The predicted molar refractivity (Wildman–Crippen MR) is 82.9 cm³/mol. The lowest BCUT2D eigenvalue weighted by atomic mass is 10.1. The lowest BCUT2D eigenvalue weighted by Crippen LogP contribution is -2.33. The van der Waals surface area contributed by atoms with Crippen molar-refractivity contribution in [1.82, 2.24) is 4.90 Å². The van der Waals surface area contributed by atoms with E-state index in [-0.39, 0.29) is 12.5 Å². The first-order chi connectivity index (χ1) is 9.15. The fraction of sp³-hybridized carbons (Fsp3) is 0.688. The van der Waals surface area contributed by atoms with Crippen LogP contribution in [0.4, 0.5) is 0 Å². The number of aliphatic hydroxyl groups excluding tert-OH is 1. The summed E-state index contributed by atoms with van der Waals surface area (Å²) in [6.45, 7) is 12.7. The number of hydrogen-bond donors (Lipinski definition) is 1. The molecule has 19 heavy (non-hydrogen) atoms. The highest BCUT2D eigenvalue weighted by Gasteiger charge is 2.18. The molecule has 1 amide bonds. The van der Waals surface area contributed by atoms with Crippen molar-refractivity contribution in [1.29, 1.82) is 0 Å². The Hall–Kier alpha value is -1.09. The van der Waals surface area contributed by atoms with E-state index >= 15 is 0 Å². The second kappa shape index (κ2) is 13.3. The number of amides is 1. The highest BCUT2D eigenvalue weighted by Crippen LogP contribution is 2.15. The average molecular weight is 269 g/mol. The minimum atomic E-state index is 0.0672. The van der Waals surface area contributed by atoms with Crippen molar-refractivity contribution in [2.75, 3.05) is 13.2 Å². The summed E-state index contributed by atoms with van der Waals surface area (Å²) in [4.78, 5) is 13.4. The van der Waals surface area contributed by atoms with Crippen LogP contribution in [0.3, 0.4) is 0 Å². The Labute approximate surface area is 119 Å². The number of nitrogens with zero attached hydrogens (tertiary/aromatic N) is 1. The maximum atomic E-state index is 11.6. The van der Waals surface area contributed by atoms with E-state index in [1.165, 1.54) is 0 Å². The summed E-state index contributed by atoms with van der Waals surface area (Å²) >= 11 is 0. The zero-order valence-corrected chi connectivity index (χ0v) is 13.5. The Morgan fingerprint density at radius 3 is 2.21 bits per heavy atom. The number of allylic oxidation sites excluding steroid dienone is 3. The third-order valence-electron chi connectivity index (χ3n) is 2.61. The summed E-state index contributed by atoms with van der Waals surface area (Å²) in [6.07, 6.45) is 6.51. The molecule has 1 saturated heterocycles. The lowest BCUT2D eigenvalue weighted by Gasteiger charge is -2.27. The van der Waals surface area contributed by atoms with Gasteiger partial charge in [0.15, 0.2) is 0 Å². The van der Waals surface area contributed by atoms with Gasteiger partial charge in [0.25, 0.3) is 0 Å². The number of hydrogen-bond acceptors (Lipinski definition) is 2. The Bertz CT molecular complexity index is 293. The molecule has 0 aromatic rings. The molecule has 0 aliphatic carbocycles. The zero-order valence-electron chi connectivity index (χ0n) is 13.5. The minimum absolute atomic E-state index is 0.0672. The second-order valence-corrected chi connectivity index (χ2v) is 3.98. The van der Waals surface area contributed by atoms with Gasteiger partial charge in [-0.2, -0.15) is 0 Å². The number of aliphatic hydroxyl groups is 1. The maximum absolute atomic E-state index is 11.6. The van der Waals surface area contributed by atoms with Crippen LogP contribution in [0, 0.1) is 0 Å². The maximum Gasteiger partial charge on any atom is 0.226 e. The zero-order chi connectivity index (χ0) is 15.3. The number of likely N-dealkylation sites (tertiary alicyclic amines) is 1. The number of piperidine rings is 1. The van der Waals surface area contributed by atoms with Gasteiger partial charge in [-0.15, -0.1) is 0 Å². The standard InChI is InChI=1S/C12H19NO2.2C2H6/c1-10(9-14)6-7-11(2)13-8-4-3-5-12(13)15;2*1-2/h6-7,14H,3-5,8-9H2,1-2H3;2*1-2H3/b10-6+,11-7+;;. The number of carbonyl (C=O) groups is 1. The predicted octanol–water partition coefficient (Wildman–Crippen LogP) is 3.89. The van der Waals surface area contributed by atoms with Crippen molar-refractivity contribution in [3.63, 3.8) is 0 Å². The Kier molecular flexibility index (Phi) is 14.2.